The van der Waals surface area contributed by atoms with Crippen molar-refractivity contribution in [3.8, 4) is 0 Å². The first-order chi connectivity index (χ1) is 7.58. The molecule has 0 aromatic heterocycles. The molecule has 3 aliphatic carbocycles. The number of carbonyl (C=O) groups is 1. The molecular weight excluding hydrogens is 320 g/mol. The number of amides is 1. The Morgan fingerprint density at radius 3 is 2.69 bits per heavy atom. The summed E-state index contributed by atoms with van der Waals surface area (Å²) in [5, 5.41) is 3.03. The topological polar surface area (TPSA) is 29.1 Å². The molecule has 1 N–H and O–H groups in total. The van der Waals surface area contributed by atoms with Crippen molar-refractivity contribution in [3.05, 3.63) is 33.1 Å². The molecule has 2 nitrogen and oxygen atoms in total. The zero-order chi connectivity index (χ0) is 11.3. The maximum absolute atomic E-state index is 13.1. The number of halogens is 2. The van der Waals surface area contributed by atoms with Gasteiger partial charge in [-0.3, -0.25) is 4.79 Å². The monoisotopic (exact) mass is 331 g/mol. The molecule has 3 saturated carbocycles. The molecule has 0 spiro atoms. The number of carbonyl (C=O) groups excluding carboxylic acids is 1. The molecule has 1 aromatic rings. The van der Waals surface area contributed by atoms with Gasteiger partial charge in [-0.2, -0.15) is 0 Å². The van der Waals surface area contributed by atoms with Gasteiger partial charge in [0, 0.05) is 9.11 Å². The van der Waals surface area contributed by atoms with Gasteiger partial charge < -0.3 is 5.32 Å². The molecule has 0 radical (unpaired) electrons. The molecule has 0 aliphatic heterocycles. The zero-order valence-electron chi connectivity index (χ0n) is 8.59. The molecule has 84 valence electrons. The lowest BCUT2D eigenvalue weighted by Gasteiger charge is -2.61. The summed E-state index contributed by atoms with van der Waals surface area (Å²) < 4.78 is 13.9. The highest BCUT2D eigenvalue weighted by Crippen LogP contribution is 2.57. The van der Waals surface area contributed by atoms with Crippen molar-refractivity contribution < 1.29 is 9.18 Å². The van der Waals surface area contributed by atoms with Crippen LogP contribution >= 0.6 is 22.6 Å². The Bertz CT molecular complexity index is 457. The second-order valence-electron chi connectivity index (χ2n) is 4.84. The van der Waals surface area contributed by atoms with E-state index >= 15 is 0 Å². The highest BCUT2D eigenvalue weighted by atomic mass is 127. The van der Waals surface area contributed by atoms with E-state index in [9.17, 15) is 9.18 Å². The van der Waals surface area contributed by atoms with Crippen molar-refractivity contribution in [2.24, 2.45) is 5.92 Å². The molecule has 3 aliphatic rings. The smallest absolute Gasteiger partial charge is 0.252 e. The van der Waals surface area contributed by atoms with Crippen LogP contribution in [0.1, 0.15) is 29.6 Å². The van der Waals surface area contributed by atoms with Crippen LogP contribution in [0.2, 0.25) is 0 Å². The third-order valence-electron chi connectivity index (χ3n) is 3.59. The van der Waals surface area contributed by atoms with E-state index in [1.54, 1.807) is 6.07 Å². The van der Waals surface area contributed by atoms with Crippen molar-refractivity contribution in [2.45, 2.75) is 24.8 Å². The predicted octanol–water partition coefficient (Wildman–Crippen LogP) is 2.71. The fraction of sp³-hybridized carbons (Fsp3) is 0.417. The Balaban J connectivity index is 1.80. The van der Waals surface area contributed by atoms with Gasteiger partial charge in [0.1, 0.15) is 5.82 Å². The van der Waals surface area contributed by atoms with E-state index in [2.05, 4.69) is 27.9 Å². The SMILES string of the molecule is O=C(NC12CC(C1)C2)c1cc(F)ccc1I. The molecule has 0 atom stereocenters. The highest BCUT2D eigenvalue weighted by molar-refractivity contribution is 14.1. The molecule has 16 heavy (non-hydrogen) atoms. The summed E-state index contributed by atoms with van der Waals surface area (Å²) in [5.41, 5.74) is 0.502. The summed E-state index contributed by atoms with van der Waals surface area (Å²) in [4.78, 5) is 12.0. The summed E-state index contributed by atoms with van der Waals surface area (Å²) in [6.07, 6.45) is 3.31. The Kier molecular flexibility index (Phi) is 2.24. The maximum atomic E-state index is 13.1. The van der Waals surface area contributed by atoms with Crippen LogP contribution in [0.15, 0.2) is 18.2 Å². The Hall–Kier alpha value is -0.650. The van der Waals surface area contributed by atoms with E-state index in [-0.39, 0.29) is 17.3 Å². The van der Waals surface area contributed by atoms with E-state index in [0.29, 0.717) is 5.56 Å². The maximum Gasteiger partial charge on any atom is 0.252 e. The fourth-order valence-electron chi connectivity index (χ4n) is 2.61. The number of nitrogens with one attached hydrogen (secondary N) is 1. The number of hydrogen-bond acceptors (Lipinski definition) is 1. The van der Waals surface area contributed by atoms with Gasteiger partial charge >= 0.3 is 0 Å². The van der Waals surface area contributed by atoms with Gasteiger partial charge in [0.15, 0.2) is 0 Å². The second-order valence-corrected chi connectivity index (χ2v) is 6.00. The minimum Gasteiger partial charge on any atom is -0.347 e. The van der Waals surface area contributed by atoms with Crippen LogP contribution in [0, 0.1) is 15.3 Å². The molecule has 3 fully saturated rings. The molecule has 1 aromatic carbocycles. The van der Waals surface area contributed by atoms with Crippen molar-refractivity contribution >= 4 is 28.5 Å². The van der Waals surface area contributed by atoms with Gasteiger partial charge in [-0.25, -0.2) is 4.39 Å². The first-order valence-corrected chi connectivity index (χ1v) is 6.43. The molecule has 4 heteroatoms. The van der Waals surface area contributed by atoms with Gasteiger partial charge in [-0.05, 0) is 66.0 Å². The van der Waals surface area contributed by atoms with E-state index in [1.165, 1.54) is 12.1 Å². The summed E-state index contributed by atoms with van der Waals surface area (Å²) >= 11 is 2.06. The van der Waals surface area contributed by atoms with Gasteiger partial charge in [0.2, 0.25) is 0 Å². The Morgan fingerprint density at radius 2 is 2.12 bits per heavy atom. The Labute approximate surface area is 107 Å². The summed E-state index contributed by atoms with van der Waals surface area (Å²) in [6, 6.07) is 4.31. The van der Waals surface area contributed by atoms with Crippen LogP contribution in [0.3, 0.4) is 0 Å². The molecular formula is C12H11FINO. The minimum atomic E-state index is -0.358. The largest absolute Gasteiger partial charge is 0.347 e. The lowest BCUT2D eigenvalue weighted by molar-refractivity contribution is -0.0438. The quantitative estimate of drug-likeness (QED) is 0.830. The number of hydrogen-bond donors (Lipinski definition) is 1. The average Bonchev–Trinajstić information content (AvgIpc) is 2.13. The molecule has 0 unspecified atom stereocenters. The highest BCUT2D eigenvalue weighted by Gasteiger charge is 2.57. The van der Waals surface area contributed by atoms with E-state index in [0.717, 1.165) is 28.8 Å². The van der Waals surface area contributed by atoms with Gasteiger partial charge in [-0.1, -0.05) is 0 Å². The third kappa shape index (κ3) is 1.54. The number of rotatable bonds is 2. The van der Waals surface area contributed by atoms with Crippen LogP contribution in [0.4, 0.5) is 4.39 Å². The normalized spacial score (nSPS) is 30.2. The molecule has 2 bridgehead atoms. The molecule has 0 saturated heterocycles. The first kappa shape index (κ1) is 10.5. The second kappa shape index (κ2) is 3.42. The van der Waals surface area contributed by atoms with E-state index < -0.39 is 0 Å². The van der Waals surface area contributed by atoms with E-state index in [1.807, 2.05) is 0 Å². The van der Waals surface area contributed by atoms with Crippen molar-refractivity contribution in [2.75, 3.05) is 0 Å². The first-order valence-electron chi connectivity index (χ1n) is 5.36. The number of benzene rings is 1. The lowest BCUT2D eigenvalue weighted by atomic mass is 9.50. The molecule has 1 amide bonds. The summed E-state index contributed by atoms with van der Waals surface area (Å²) in [5.74, 6) is 0.331. The zero-order valence-corrected chi connectivity index (χ0v) is 10.8. The lowest BCUT2D eigenvalue weighted by Crippen LogP contribution is -2.68. The fourth-order valence-corrected chi connectivity index (χ4v) is 3.19. The predicted molar refractivity (Wildman–Crippen MR) is 66.7 cm³/mol. The van der Waals surface area contributed by atoms with E-state index in [4.69, 9.17) is 0 Å². The van der Waals surface area contributed by atoms with Crippen LogP contribution in [-0.4, -0.2) is 11.4 Å². The van der Waals surface area contributed by atoms with Crippen molar-refractivity contribution in [1.82, 2.24) is 5.32 Å². The van der Waals surface area contributed by atoms with Gasteiger partial charge in [0.25, 0.3) is 5.91 Å². The minimum absolute atomic E-state index is 0.0527. The summed E-state index contributed by atoms with van der Waals surface area (Å²) in [7, 11) is 0. The standard InChI is InChI=1S/C12H11FINO/c13-8-1-2-10(14)9(3-8)11(16)15-12-4-7(5-12)6-12/h1-3,7H,4-6H2,(H,15,16). The summed E-state index contributed by atoms with van der Waals surface area (Å²) in [6.45, 7) is 0. The molecule has 4 rings (SSSR count). The van der Waals surface area contributed by atoms with Crippen LogP contribution in [-0.2, 0) is 0 Å². The Morgan fingerprint density at radius 1 is 1.44 bits per heavy atom. The van der Waals surface area contributed by atoms with Crippen molar-refractivity contribution in [1.29, 1.82) is 0 Å². The van der Waals surface area contributed by atoms with Gasteiger partial charge in [0.05, 0.1) is 5.56 Å². The van der Waals surface area contributed by atoms with Crippen LogP contribution < -0.4 is 5.32 Å². The van der Waals surface area contributed by atoms with Crippen LogP contribution in [0.25, 0.3) is 0 Å². The van der Waals surface area contributed by atoms with Crippen LogP contribution in [0.5, 0.6) is 0 Å². The van der Waals surface area contributed by atoms with Gasteiger partial charge in [-0.15, -0.1) is 0 Å². The molecule has 0 heterocycles. The third-order valence-corrected chi connectivity index (χ3v) is 4.53. The average molecular weight is 331 g/mol. The van der Waals surface area contributed by atoms with Crippen molar-refractivity contribution in [3.63, 3.8) is 0 Å².